The van der Waals surface area contributed by atoms with Crippen LogP contribution in [0.2, 0.25) is 0 Å². The van der Waals surface area contributed by atoms with E-state index in [1.165, 1.54) is 0 Å². The molecule has 0 aromatic carbocycles. The van der Waals surface area contributed by atoms with Gasteiger partial charge in [0.25, 0.3) is 0 Å². The predicted octanol–water partition coefficient (Wildman–Crippen LogP) is 0.356. The third kappa shape index (κ3) is 4.03. The zero-order valence-corrected chi connectivity index (χ0v) is 13.8. The number of hydrogen-bond donors (Lipinski definition) is 4. The molecule has 0 unspecified atom stereocenters. The third-order valence-electron chi connectivity index (χ3n) is 5.08. The molecule has 0 aromatic heterocycles. The van der Waals surface area contributed by atoms with Crippen molar-refractivity contribution in [3.05, 3.63) is 0 Å². The third-order valence-corrected chi connectivity index (χ3v) is 5.08. The second-order valence-corrected chi connectivity index (χ2v) is 7.24. The molecule has 134 valence electrons. The van der Waals surface area contributed by atoms with Crippen LogP contribution in [-0.2, 0) is 14.3 Å². The molecule has 2 aliphatic rings. The van der Waals surface area contributed by atoms with E-state index in [2.05, 4.69) is 20.8 Å². The number of aliphatic carboxylic acids is 1. The Kier molecular flexibility index (Phi) is 6.02. The van der Waals surface area contributed by atoms with Gasteiger partial charge in [-0.25, -0.2) is 4.79 Å². The van der Waals surface area contributed by atoms with Gasteiger partial charge in [-0.2, -0.15) is 0 Å². The highest BCUT2D eigenvalue weighted by molar-refractivity contribution is 5.73. The summed E-state index contributed by atoms with van der Waals surface area (Å²) in [5, 5.41) is 38.7. The number of carboxylic acid groups (broad SMARTS) is 1. The van der Waals surface area contributed by atoms with Crippen molar-refractivity contribution < 1.29 is 34.7 Å². The van der Waals surface area contributed by atoms with Gasteiger partial charge >= 0.3 is 5.97 Å². The van der Waals surface area contributed by atoms with Crippen molar-refractivity contribution in [1.29, 1.82) is 0 Å². The first kappa shape index (κ1) is 18.6. The standard InChI is InChI=1S/C16H28O7/c1-7(2)9-5-4-8(3)6-10(9)22-16-13(19)11(17)12(18)14(23-16)15(20)21/h7-14,16-19H,4-6H2,1-3H3,(H,20,21)/t8-,9-,10+,11+,12+,13-,14+,16-/m1/s1. The molecule has 1 aliphatic carbocycles. The maximum atomic E-state index is 11.1. The molecule has 7 heteroatoms. The molecule has 0 spiro atoms. The molecule has 8 atom stereocenters. The van der Waals surface area contributed by atoms with Gasteiger partial charge in [-0.3, -0.25) is 0 Å². The van der Waals surface area contributed by atoms with E-state index in [0.717, 1.165) is 19.3 Å². The number of carboxylic acids is 1. The molecule has 2 rings (SSSR count). The lowest BCUT2D eigenvalue weighted by Gasteiger charge is -2.43. The summed E-state index contributed by atoms with van der Waals surface area (Å²) in [5.41, 5.74) is 0. The summed E-state index contributed by atoms with van der Waals surface area (Å²) in [6.45, 7) is 6.34. The van der Waals surface area contributed by atoms with Crippen LogP contribution < -0.4 is 0 Å². The second kappa shape index (κ2) is 7.44. The van der Waals surface area contributed by atoms with Crippen molar-refractivity contribution >= 4 is 5.97 Å². The van der Waals surface area contributed by atoms with Crippen LogP contribution in [0.5, 0.6) is 0 Å². The van der Waals surface area contributed by atoms with E-state index in [4.69, 9.17) is 14.6 Å². The van der Waals surface area contributed by atoms with Crippen LogP contribution in [0.15, 0.2) is 0 Å². The quantitative estimate of drug-likeness (QED) is 0.587. The first-order chi connectivity index (χ1) is 10.7. The summed E-state index contributed by atoms with van der Waals surface area (Å²) >= 11 is 0. The molecule has 1 aliphatic heterocycles. The maximum Gasteiger partial charge on any atom is 0.335 e. The van der Waals surface area contributed by atoms with Crippen molar-refractivity contribution in [2.45, 2.75) is 76.8 Å². The van der Waals surface area contributed by atoms with Gasteiger partial charge in [0, 0.05) is 0 Å². The Bertz CT molecular complexity index is 413. The van der Waals surface area contributed by atoms with E-state index in [1.807, 2.05) is 0 Å². The van der Waals surface area contributed by atoms with Gasteiger partial charge in [0.1, 0.15) is 18.3 Å². The molecule has 2 fully saturated rings. The summed E-state index contributed by atoms with van der Waals surface area (Å²) < 4.78 is 11.1. The van der Waals surface area contributed by atoms with Crippen LogP contribution in [0.3, 0.4) is 0 Å². The van der Waals surface area contributed by atoms with E-state index >= 15 is 0 Å². The lowest BCUT2D eigenvalue weighted by atomic mass is 9.75. The van der Waals surface area contributed by atoms with Gasteiger partial charge < -0.3 is 29.9 Å². The van der Waals surface area contributed by atoms with Crippen LogP contribution >= 0.6 is 0 Å². The first-order valence-corrected chi connectivity index (χ1v) is 8.30. The summed E-state index contributed by atoms with van der Waals surface area (Å²) in [5.74, 6) is -0.246. The van der Waals surface area contributed by atoms with Crippen LogP contribution in [0.4, 0.5) is 0 Å². The summed E-state index contributed by atoms with van der Waals surface area (Å²) in [7, 11) is 0. The molecule has 0 bridgehead atoms. The Balaban J connectivity index is 2.11. The number of rotatable bonds is 4. The van der Waals surface area contributed by atoms with Crippen molar-refractivity contribution in [3.8, 4) is 0 Å². The Morgan fingerprint density at radius 1 is 1.13 bits per heavy atom. The van der Waals surface area contributed by atoms with Gasteiger partial charge in [0.15, 0.2) is 12.4 Å². The average Bonchev–Trinajstić information content (AvgIpc) is 2.47. The fourth-order valence-corrected chi connectivity index (χ4v) is 3.61. The number of aliphatic hydroxyl groups is 3. The predicted molar refractivity (Wildman–Crippen MR) is 80.5 cm³/mol. The number of ether oxygens (including phenoxy) is 2. The fraction of sp³-hybridized carbons (Fsp3) is 0.938. The highest BCUT2D eigenvalue weighted by Crippen LogP contribution is 2.37. The largest absolute Gasteiger partial charge is 0.479 e. The maximum absolute atomic E-state index is 11.1. The van der Waals surface area contributed by atoms with Crippen molar-refractivity contribution in [2.24, 2.45) is 17.8 Å². The van der Waals surface area contributed by atoms with Crippen LogP contribution in [0, 0.1) is 17.8 Å². The normalized spacial score (nSPS) is 45.2. The van der Waals surface area contributed by atoms with Crippen molar-refractivity contribution in [3.63, 3.8) is 0 Å². The molecule has 1 heterocycles. The van der Waals surface area contributed by atoms with E-state index in [9.17, 15) is 20.1 Å². The second-order valence-electron chi connectivity index (χ2n) is 7.24. The molecule has 23 heavy (non-hydrogen) atoms. The lowest BCUT2D eigenvalue weighted by molar-refractivity contribution is -0.311. The minimum absolute atomic E-state index is 0.171. The summed E-state index contributed by atoms with van der Waals surface area (Å²) in [6, 6.07) is 0. The SMILES string of the molecule is CC(C)[C@H]1CC[C@@H](C)C[C@@H]1O[C@@H]1O[C@H](C(=O)O)[C@@H](O)[C@H](O)[C@H]1O. The summed E-state index contributed by atoms with van der Waals surface area (Å²) in [4.78, 5) is 11.1. The highest BCUT2D eigenvalue weighted by Gasteiger charge is 2.48. The Morgan fingerprint density at radius 2 is 1.78 bits per heavy atom. The van der Waals surface area contributed by atoms with Gasteiger partial charge in [0.2, 0.25) is 0 Å². The first-order valence-electron chi connectivity index (χ1n) is 8.30. The van der Waals surface area contributed by atoms with Gasteiger partial charge in [0.05, 0.1) is 6.10 Å². The molecular weight excluding hydrogens is 304 g/mol. The average molecular weight is 332 g/mol. The smallest absolute Gasteiger partial charge is 0.335 e. The van der Waals surface area contributed by atoms with E-state index in [1.54, 1.807) is 0 Å². The molecule has 0 radical (unpaired) electrons. The highest BCUT2D eigenvalue weighted by atomic mass is 16.7. The topological polar surface area (TPSA) is 116 Å². The molecule has 1 saturated heterocycles. The van der Waals surface area contributed by atoms with Crippen LogP contribution in [0.1, 0.15) is 40.0 Å². The van der Waals surface area contributed by atoms with Gasteiger partial charge in [-0.15, -0.1) is 0 Å². The monoisotopic (exact) mass is 332 g/mol. The minimum Gasteiger partial charge on any atom is -0.479 e. The van der Waals surface area contributed by atoms with E-state index in [0.29, 0.717) is 11.8 Å². The molecule has 1 saturated carbocycles. The zero-order valence-electron chi connectivity index (χ0n) is 13.8. The zero-order chi connectivity index (χ0) is 17.3. The van der Waals surface area contributed by atoms with Crippen molar-refractivity contribution in [2.75, 3.05) is 0 Å². The summed E-state index contributed by atoms with van der Waals surface area (Å²) in [6.07, 6.45) is -4.92. The number of carbonyl (C=O) groups is 1. The Hall–Kier alpha value is -0.730. The molecule has 7 nitrogen and oxygen atoms in total. The fourth-order valence-electron chi connectivity index (χ4n) is 3.61. The number of aliphatic hydroxyl groups excluding tert-OH is 3. The lowest BCUT2D eigenvalue weighted by Crippen LogP contribution is -2.61. The Labute approximate surface area is 136 Å². The Morgan fingerprint density at radius 3 is 2.35 bits per heavy atom. The molecule has 0 aromatic rings. The van der Waals surface area contributed by atoms with Crippen LogP contribution in [-0.4, -0.2) is 63.2 Å². The molecule has 0 amide bonds. The van der Waals surface area contributed by atoms with Gasteiger partial charge in [-0.05, 0) is 30.6 Å². The molecular formula is C16H28O7. The van der Waals surface area contributed by atoms with E-state index < -0.39 is 36.7 Å². The minimum atomic E-state index is -1.69. The van der Waals surface area contributed by atoms with E-state index in [-0.39, 0.29) is 12.0 Å². The molecule has 4 N–H and O–H groups in total. The number of hydrogen-bond acceptors (Lipinski definition) is 6. The van der Waals surface area contributed by atoms with Crippen LogP contribution in [0.25, 0.3) is 0 Å². The van der Waals surface area contributed by atoms with Gasteiger partial charge in [-0.1, -0.05) is 27.2 Å². The van der Waals surface area contributed by atoms with Crippen molar-refractivity contribution in [1.82, 2.24) is 0 Å².